The summed E-state index contributed by atoms with van der Waals surface area (Å²) in [5, 5.41) is 9.38. The minimum Gasteiger partial charge on any atom is -0.507 e. The molecule has 0 aromatic heterocycles. The van der Waals surface area contributed by atoms with Gasteiger partial charge in [-0.25, -0.2) is 0 Å². The standard InChI is InChI=1S/C10H12O3S/c1-6-3-4-8(11)10(14)7(6)5-9(12)13-2/h3-4,11,14H,5H2,1-2H3. The fourth-order valence-electron chi connectivity index (χ4n) is 1.16. The van der Waals surface area contributed by atoms with Crippen molar-refractivity contribution >= 4 is 18.6 Å². The molecule has 0 amide bonds. The Kier molecular flexibility index (Phi) is 3.41. The molecular formula is C10H12O3S. The number of phenols is 1. The summed E-state index contributed by atoms with van der Waals surface area (Å²) in [4.78, 5) is 11.5. The minimum atomic E-state index is -0.339. The van der Waals surface area contributed by atoms with Gasteiger partial charge in [0, 0.05) is 0 Å². The Morgan fingerprint density at radius 1 is 1.57 bits per heavy atom. The number of carbonyl (C=O) groups excluding carboxylic acids is 1. The number of hydrogen-bond donors (Lipinski definition) is 2. The van der Waals surface area contributed by atoms with Gasteiger partial charge in [0.05, 0.1) is 18.4 Å². The topological polar surface area (TPSA) is 46.5 Å². The van der Waals surface area contributed by atoms with E-state index < -0.39 is 0 Å². The van der Waals surface area contributed by atoms with Gasteiger partial charge in [-0.1, -0.05) is 6.07 Å². The molecule has 3 nitrogen and oxygen atoms in total. The summed E-state index contributed by atoms with van der Waals surface area (Å²) in [5.74, 6) is -0.258. The highest BCUT2D eigenvalue weighted by Crippen LogP contribution is 2.28. The third-order valence-corrected chi connectivity index (χ3v) is 2.54. The normalized spacial score (nSPS) is 9.93. The van der Waals surface area contributed by atoms with Gasteiger partial charge in [0.15, 0.2) is 0 Å². The number of hydrogen-bond acceptors (Lipinski definition) is 4. The molecule has 14 heavy (non-hydrogen) atoms. The van der Waals surface area contributed by atoms with Crippen molar-refractivity contribution in [3.8, 4) is 5.75 Å². The van der Waals surface area contributed by atoms with Crippen LogP contribution < -0.4 is 0 Å². The number of methoxy groups -OCH3 is 1. The number of thiol groups is 1. The molecule has 0 atom stereocenters. The number of rotatable bonds is 2. The molecule has 76 valence electrons. The van der Waals surface area contributed by atoms with Crippen LogP contribution >= 0.6 is 12.6 Å². The average Bonchev–Trinajstić information content (AvgIpc) is 2.18. The zero-order valence-corrected chi connectivity index (χ0v) is 8.97. The molecule has 0 radical (unpaired) electrons. The lowest BCUT2D eigenvalue weighted by Gasteiger charge is -2.08. The molecule has 1 rings (SSSR count). The zero-order valence-electron chi connectivity index (χ0n) is 8.07. The first-order chi connectivity index (χ1) is 6.56. The van der Waals surface area contributed by atoms with Gasteiger partial charge in [-0.3, -0.25) is 4.79 Å². The van der Waals surface area contributed by atoms with Gasteiger partial charge in [-0.15, -0.1) is 12.6 Å². The maximum Gasteiger partial charge on any atom is 0.310 e. The van der Waals surface area contributed by atoms with Gasteiger partial charge in [0.1, 0.15) is 5.75 Å². The number of phenolic OH excluding ortho intramolecular Hbond substituents is 1. The summed E-state index contributed by atoms with van der Waals surface area (Å²) in [6.45, 7) is 1.86. The van der Waals surface area contributed by atoms with Crippen LogP contribution in [0, 0.1) is 6.92 Å². The van der Waals surface area contributed by atoms with Crippen molar-refractivity contribution in [1.82, 2.24) is 0 Å². The van der Waals surface area contributed by atoms with Gasteiger partial charge in [-0.2, -0.15) is 0 Å². The van der Waals surface area contributed by atoms with E-state index >= 15 is 0 Å². The summed E-state index contributed by atoms with van der Waals surface area (Å²) >= 11 is 4.14. The monoisotopic (exact) mass is 212 g/mol. The second-order valence-corrected chi connectivity index (χ2v) is 3.43. The Bertz CT molecular complexity index is 361. The molecule has 0 aliphatic carbocycles. The van der Waals surface area contributed by atoms with Crippen LogP contribution in [0.1, 0.15) is 11.1 Å². The summed E-state index contributed by atoms with van der Waals surface area (Å²) < 4.78 is 4.55. The minimum absolute atomic E-state index is 0.0813. The number of carbonyl (C=O) groups is 1. The Morgan fingerprint density at radius 2 is 2.21 bits per heavy atom. The van der Waals surface area contributed by atoms with Crippen molar-refractivity contribution in [2.75, 3.05) is 7.11 Å². The quantitative estimate of drug-likeness (QED) is 0.579. The Labute approximate surface area is 88.1 Å². The first-order valence-corrected chi connectivity index (χ1v) is 4.58. The lowest BCUT2D eigenvalue weighted by atomic mass is 10.1. The highest BCUT2D eigenvalue weighted by molar-refractivity contribution is 7.80. The molecule has 0 aliphatic heterocycles. The van der Waals surface area contributed by atoms with Crippen LogP contribution in [-0.4, -0.2) is 18.2 Å². The predicted octanol–water partition coefficient (Wildman–Crippen LogP) is 1.70. The van der Waals surface area contributed by atoms with E-state index in [9.17, 15) is 9.90 Å². The lowest BCUT2D eigenvalue weighted by molar-refractivity contribution is -0.139. The molecule has 1 N–H and O–H groups in total. The number of ether oxygens (including phenoxy) is 1. The Morgan fingerprint density at radius 3 is 2.79 bits per heavy atom. The molecule has 4 heteroatoms. The van der Waals surface area contributed by atoms with Crippen LogP contribution in [0.4, 0.5) is 0 Å². The molecule has 1 aromatic rings. The van der Waals surface area contributed by atoms with Crippen molar-refractivity contribution in [1.29, 1.82) is 0 Å². The van der Waals surface area contributed by atoms with Crippen LogP contribution in [0.15, 0.2) is 17.0 Å². The van der Waals surface area contributed by atoms with E-state index in [-0.39, 0.29) is 18.1 Å². The summed E-state index contributed by atoms with van der Waals surface area (Å²) in [7, 11) is 1.33. The Balaban J connectivity index is 3.06. The molecule has 0 spiro atoms. The highest BCUT2D eigenvalue weighted by Gasteiger charge is 2.11. The molecule has 0 aliphatic rings. The summed E-state index contributed by atoms with van der Waals surface area (Å²) in [6.07, 6.45) is 0.134. The lowest BCUT2D eigenvalue weighted by Crippen LogP contribution is -2.06. The smallest absolute Gasteiger partial charge is 0.310 e. The molecule has 0 unspecified atom stereocenters. The van der Waals surface area contributed by atoms with Crippen molar-refractivity contribution < 1.29 is 14.6 Å². The molecule has 0 saturated heterocycles. The van der Waals surface area contributed by atoms with Gasteiger partial charge in [-0.05, 0) is 24.1 Å². The highest BCUT2D eigenvalue weighted by atomic mass is 32.1. The molecule has 0 bridgehead atoms. The number of aryl methyl sites for hydroxylation is 1. The third-order valence-electron chi connectivity index (χ3n) is 2.04. The largest absolute Gasteiger partial charge is 0.507 e. The second-order valence-electron chi connectivity index (χ2n) is 2.98. The van der Waals surface area contributed by atoms with E-state index in [4.69, 9.17) is 0 Å². The molecule has 0 saturated carbocycles. The second kappa shape index (κ2) is 4.37. The summed E-state index contributed by atoms with van der Waals surface area (Å²) in [5.41, 5.74) is 1.62. The molecule has 0 fully saturated rings. The average molecular weight is 212 g/mol. The van der Waals surface area contributed by atoms with E-state index in [0.717, 1.165) is 5.56 Å². The van der Waals surface area contributed by atoms with Gasteiger partial charge in [0.2, 0.25) is 0 Å². The zero-order chi connectivity index (χ0) is 10.7. The number of esters is 1. The number of aromatic hydroxyl groups is 1. The fraction of sp³-hybridized carbons (Fsp3) is 0.300. The van der Waals surface area contributed by atoms with Gasteiger partial charge < -0.3 is 9.84 Å². The molecule has 0 heterocycles. The Hall–Kier alpha value is -1.16. The van der Waals surface area contributed by atoms with Crippen LogP contribution in [-0.2, 0) is 16.0 Å². The van der Waals surface area contributed by atoms with Crippen molar-refractivity contribution in [3.63, 3.8) is 0 Å². The predicted molar refractivity (Wildman–Crippen MR) is 55.8 cm³/mol. The van der Waals surface area contributed by atoms with Gasteiger partial charge >= 0.3 is 5.97 Å². The number of benzene rings is 1. The van der Waals surface area contributed by atoms with E-state index in [1.807, 2.05) is 6.92 Å². The van der Waals surface area contributed by atoms with Crippen LogP contribution in [0.5, 0.6) is 5.75 Å². The van der Waals surface area contributed by atoms with Crippen molar-refractivity contribution in [2.45, 2.75) is 18.2 Å². The first-order valence-electron chi connectivity index (χ1n) is 4.13. The van der Waals surface area contributed by atoms with E-state index in [1.54, 1.807) is 12.1 Å². The van der Waals surface area contributed by atoms with Gasteiger partial charge in [0.25, 0.3) is 0 Å². The maximum absolute atomic E-state index is 11.1. The van der Waals surface area contributed by atoms with E-state index in [0.29, 0.717) is 10.5 Å². The van der Waals surface area contributed by atoms with E-state index in [2.05, 4.69) is 17.4 Å². The SMILES string of the molecule is COC(=O)Cc1c(C)ccc(O)c1S. The van der Waals surface area contributed by atoms with Crippen LogP contribution in [0.3, 0.4) is 0 Å². The molecule has 1 aromatic carbocycles. The maximum atomic E-state index is 11.1. The van der Waals surface area contributed by atoms with Crippen molar-refractivity contribution in [3.05, 3.63) is 23.3 Å². The summed E-state index contributed by atoms with van der Waals surface area (Å²) in [6, 6.07) is 3.30. The molecular weight excluding hydrogens is 200 g/mol. The van der Waals surface area contributed by atoms with Crippen molar-refractivity contribution in [2.24, 2.45) is 0 Å². The first kappa shape index (κ1) is 10.9. The van der Waals surface area contributed by atoms with Crippen LogP contribution in [0.2, 0.25) is 0 Å². The van der Waals surface area contributed by atoms with Crippen LogP contribution in [0.25, 0.3) is 0 Å². The fourth-order valence-corrected chi connectivity index (χ4v) is 1.49. The third kappa shape index (κ3) is 2.20. The van der Waals surface area contributed by atoms with E-state index in [1.165, 1.54) is 7.11 Å².